The zero-order valence-electron chi connectivity index (χ0n) is 12.4. The van der Waals surface area contributed by atoms with Gasteiger partial charge in [0.25, 0.3) is 0 Å². The van der Waals surface area contributed by atoms with Gasteiger partial charge in [0.2, 0.25) is 5.91 Å². The molecule has 5 heteroatoms. The highest BCUT2D eigenvalue weighted by atomic mass is 16.5. The van der Waals surface area contributed by atoms with E-state index in [1.165, 1.54) is 5.56 Å². The lowest BCUT2D eigenvalue weighted by Gasteiger charge is -2.41. The smallest absolute Gasteiger partial charge is 0.224 e. The lowest BCUT2D eigenvalue weighted by atomic mass is 9.89. The van der Waals surface area contributed by atoms with E-state index in [0.29, 0.717) is 6.54 Å². The summed E-state index contributed by atoms with van der Waals surface area (Å²) in [6.07, 6.45) is 2.05. The van der Waals surface area contributed by atoms with Crippen LogP contribution in [0, 0.1) is 5.92 Å². The van der Waals surface area contributed by atoms with Gasteiger partial charge in [0.15, 0.2) is 0 Å². The van der Waals surface area contributed by atoms with Crippen molar-refractivity contribution in [3.63, 3.8) is 0 Å². The Morgan fingerprint density at radius 3 is 2.86 bits per heavy atom. The van der Waals surface area contributed by atoms with Crippen LogP contribution in [-0.4, -0.2) is 43.6 Å². The van der Waals surface area contributed by atoms with E-state index in [2.05, 4.69) is 22.3 Å². The number of ether oxygens (including phenoxy) is 1. The van der Waals surface area contributed by atoms with Crippen LogP contribution >= 0.6 is 0 Å². The molecule has 21 heavy (non-hydrogen) atoms. The second kappa shape index (κ2) is 6.03. The summed E-state index contributed by atoms with van der Waals surface area (Å²) < 4.78 is 5.21. The molecule has 0 aliphatic carbocycles. The molecule has 1 aromatic carbocycles. The highest BCUT2D eigenvalue weighted by Gasteiger charge is 2.42. The van der Waals surface area contributed by atoms with E-state index in [-0.39, 0.29) is 23.9 Å². The average Bonchev–Trinajstić information content (AvgIpc) is 2.91. The molecule has 3 atom stereocenters. The summed E-state index contributed by atoms with van der Waals surface area (Å²) in [4.78, 5) is 14.3. The molecule has 1 aromatic rings. The number of carbonyl (C=O) groups excluding carboxylic acids is 1. The first kappa shape index (κ1) is 14.4. The topological polar surface area (TPSA) is 67.6 Å². The van der Waals surface area contributed by atoms with Gasteiger partial charge in [0.05, 0.1) is 13.0 Å². The summed E-state index contributed by atoms with van der Waals surface area (Å²) in [5.41, 5.74) is 7.24. The van der Waals surface area contributed by atoms with E-state index < -0.39 is 0 Å². The summed E-state index contributed by atoms with van der Waals surface area (Å²) in [5, 5.41) is 3.00. The van der Waals surface area contributed by atoms with Crippen molar-refractivity contribution < 1.29 is 9.53 Å². The molecule has 2 aliphatic rings. The van der Waals surface area contributed by atoms with Crippen molar-refractivity contribution in [1.82, 2.24) is 10.2 Å². The zero-order valence-corrected chi connectivity index (χ0v) is 12.4. The number of methoxy groups -OCH3 is 1. The molecule has 0 aromatic heterocycles. The molecule has 3 unspecified atom stereocenters. The van der Waals surface area contributed by atoms with Gasteiger partial charge < -0.3 is 15.8 Å². The van der Waals surface area contributed by atoms with Gasteiger partial charge in [-0.2, -0.15) is 0 Å². The predicted octanol–water partition coefficient (Wildman–Crippen LogP) is 0.905. The van der Waals surface area contributed by atoms with Gasteiger partial charge >= 0.3 is 0 Å². The molecule has 2 heterocycles. The van der Waals surface area contributed by atoms with E-state index in [4.69, 9.17) is 10.5 Å². The second-order valence-corrected chi connectivity index (χ2v) is 5.82. The van der Waals surface area contributed by atoms with Crippen molar-refractivity contribution >= 4 is 5.91 Å². The molecule has 0 saturated carbocycles. The van der Waals surface area contributed by atoms with Crippen molar-refractivity contribution in [2.24, 2.45) is 11.7 Å². The number of hydrogen-bond acceptors (Lipinski definition) is 4. The number of nitrogens with one attached hydrogen (secondary N) is 1. The fourth-order valence-corrected chi connectivity index (χ4v) is 3.66. The Labute approximate surface area is 125 Å². The summed E-state index contributed by atoms with van der Waals surface area (Å²) in [5.74, 6) is 1.19. The summed E-state index contributed by atoms with van der Waals surface area (Å²) in [6.45, 7) is 2.31. The SMILES string of the molecule is COc1ccc(C(CN)N2CCCC3C(=O)NCC32)cc1. The van der Waals surface area contributed by atoms with E-state index in [1.54, 1.807) is 7.11 Å². The number of nitrogens with zero attached hydrogens (tertiary/aromatic N) is 1. The lowest BCUT2D eigenvalue weighted by molar-refractivity contribution is -0.124. The molecule has 3 rings (SSSR count). The van der Waals surface area contributed by atoms with Gasteiger partial charge in [0, 0.05) is 25.2 Å². The molecule has 2 saturated heterocycles. The van der Waals surface area contributed by atoms with Crippen LogP contribution in [0.3, 0.4) is 0 Å². The molecule has 2 fully saturated rings. The monoisotopic (exact) mass is 289 g/mol. The predicted molar refractivity (Wildman–Crippen MR) is 81.0 cm³/mol. The fraction of sp³-hybridized carbons (Fsp3) is 0.562. The van der Waals surface area contributed by atoms with Crippen molar-refractivity contribution in [3.8, 4) is 5.75 Å². The maximum atomic E-state index is 11.9. The van der Waals surface area contributed by atoms with E-state index in [0.717, 1.165) is 31.7 Å². The van der Waals surface area contributed by atoms with E-state index in [9.17, 15) is 4.79 Å². The largest absolute Gasteiger partial charge is 0.497 e. The summed E-state index contributed by atoms with van der Waals surface area (Å²) >= 11 is 0. The van der Waals surface area contributed by atoms with Crippen LogP contribution in [0.15, 0.2) is 24.3 Å². The molecule has 114 valence electrons. The summed E-state index contributed by atoms with van der Waals surface area (Å²) in [6, 6.07) is 8.53. The minimum atomic E-state index is 0.131. The van der Waals surface area contributed by atoms with Gasteiger partial charge in [-0.15, -0.1) is 0 Å². The maximum Gasteiger partial charge on any atom is 0.224 e. The van der Waals surface area contributed by atoms with Gasteiger partial charge in [-0.25, -0.2) is 0 Å². The first-order valence-corrected chi connectivity index (χ1v) is 7.62. The molecule has 0 spiro atoms. The number of fused-ring (bicyclic) bond motifs is 1. The van der Waals surface area contributed by atoms with E-state index >= 15 is 0 Å². The molecule has 0 bridgehead atoms. The number of benzene rings is 1. The minimum absolute atomic E-state index is 0.131. The van der Waals surface area contributed by atoms with Crippen LogP contribution in [0.25, 0.3) is 0 Å². The third kappa shape index (κ3) is 2.63. The molecule has 1 amide bonds. The third-order valence-electron chi connectivity index (χ3n) is 4.77. The average molecular weight is 289 g/mol. The van der Waals surface area contributed by atoms with Gasteiger partial charge in [0.1, 0.15) is 5.75 Å². The van der Waals surface area contributed by atoms with Crippen molar-refractivity contribution in [1.29, 1.82) is 0 Å². The van der Waals surface area contributed by atoms with Gasteiger partial charge in [-0.05, 0) is 37.1 Å². The maximum absolute atomic E-state index is 11.9. The molecular formula is C16H23N3O2. The van der Waals surface area contributed by atoms with Crippen LogP contribution in [0.2, 0.25) is 0 Å². The van der Waals surface area contributed by atoms with Gasteiger partial charge in [-0.1, -0.05) is 12.1 Å². The molecular weight excluding hydrogens is 266 g/mol. The quantitative estimate of drug-likeness (QED) is 0.864. The molecule has 3 N–H and O–H groups in total. The Morgan fingerprint density at radius 1 is 1.43 bits per heavy atom. The normalized spacial score (nSPS) is 27.0. The molecule has 5 nitrogen and oxygen atoms in total. The second-order valence-electron chi connectivity index (χ2n) is 5.82. The first-order chi connectivity index (χ1) is 10.2. The van der Waals surface area contributed by atoms with Crippen molar-refractivity contribution in [2.45, 2.75) is 24.9 Å². The minimum Gasteiger partial charge on any atom is -0.497 e. The van der Waals surface area contributed by atoms with Gasteiger partial charge in [-0.3, -0.25) is 9.69 Å². The van der Waals surface area contributed by atoms with Crippen LogP contribution in [0.1, 0.15) is 24.4 Å². The molecule has 0 radical (unpaired) electrons. The Morgan fingerprint density at radius 2 is 2.19 bits per heavy atom. The van der Waals surface area contributed by atoms with Crippen LogP contribution in [-0.2, 0) is 4.79 Å². The molecule has 2 aliphatic heterocycles. The summed E-state index contributed by atoms with van der Waals surface area (Å²) in [7, 11) is 1.67. The Hall–Kier alpha value is -1.59. The lowest BCUT2D eigenvalue weighted by Crippen LogP contribution is -2.49. The Balaban J connectivity index is 1.83. The number of nitrogens with two attached hydrogens (primary N) is 1. The van der Waals surface area contributed by atoms with Crippen LogP contribution < -0.4 is 15.8 Å². The highest BCUT2D eigenvalue weighted by molar-refractivity contribution is 5.82. The fourth-order valence-electron chi connectivity index (χ4n) is 3.66. The van der Waals surface area contributed by atoms with Crippen LogP contribution in [0.4, 0.5) is 0 Å². The Kier molecular flexibility index (Phi) is 4.12. The highest BCUT2D eigenvalue weighted by Crippen LogP contribution is 2.34. The van der Waals surface area contributed by atoms with Crippen LogP contribution in [0.5, 0.6) is 5.75 Å². The number of piperidine rings is 1. The van der Waals surface area contributed by atoms with E-state index in [1.807, 2.05) is 12.1 Å². The Bertz CT molecular complexity index is 503. The van der Waals surface area contributed by atoms with Crippen molar-refractivity contribution in [3.05, 3.63) is 29.8 Å². The zero-order chi connectivity index (χ0) is 14.8. The number of likely N-dealkylation sites (tertiary alicyclic amines) is 1. The number of amides is 1. The number of rotatable bonds is 4. The standard InChI is InChI=1S/C16H23N3O2/c1-21-12-6-4-11(5-7-12)14(9-17)19-8-2-3-13-15(19)10-18-16(13)20/h4-7,13-15H,2-3,8-10,17H2,1H3,(H,18,20). The third-order valence-corrected chi connectivity index (χ3v) is 4.77. The first-order valence-electron chi connectivity index (χ1n) is 7.62. The number of carbonyl (C=O) groups is 1. The number of hydrogen-bond donors (Lipinski definition) is 2. The van der Waals surface area contributed by atoms with Crippen molar-refractivity contribution in [2.75, 3.05) is 26.7 Å².